The molecule has 3 aromatic carbocycles. The number of esters is 3. The van der Waals surface area contributed by atoms with Crippen LogP contribution in [-0.4, -0.2) is 62.3 Å². The second-order valence-electron chi connectivity index (χ2n) is 9.31. The van der Waals surface area contributed by atoms with Crippen molar-refractivity contribution in [2.45, 2.75) is 24.5 Å². The van der Waals surface area contributed by atoms with Gasteiger partial charge < -0.3 is 18.9 Å². The number of aromatic nitrogens is 4. The second-order valence-corrected chi connectivity index (χ2v) is 9.31. The van der Waals surface area contributed by atoms with E-state index in [-0.39, 0.29) is 35.1 Å². The first kappa shape index (κ1) is 25.5. The maximum absolute atomic E-state index is 13.3. The van der Waals surface area contributed by atoms with E-state index in [2.05, 4.69) is 15.0 Å². The van der Waals surface area contributed by atoms with E-state index < -0.39 is 42.4 Å². The van der Waals surface area contributed by atoms with Gasteiger partial charge in [0.15, 0.2) is 24.1 Å². The van der Waals surface area contributed by atoms with E-state index >= 15 is 0 Å². The first-order valence-corrected chi connectivity index (χ1v) is 13.0. The molecule has 1 aliphatic rings. The van der Waals surface area contributed by atoms with Crippen molar-refractivity contribution in [2.24, 2.45) is 0 Å². The number of carbonyl (C=O) groups excluding carboxylic acids is 3. The van der Waals surface area contributed by atoms with Crippen LogP contribution in [0.25, 0.3) is 11.2 Å². The van der Waals surface area contributed by atoms with Crippen LogP contribution in [0.2, 0.25) is 0 Å². The first-order valence-electron chi connectivity index (χ1n) is 13.5. The Labute approximate surface area is 241 Å². The molecule has 1 saturated heterocycles. The van der Waals surface area contributed by atoms with Gasteiger partial charge in [-0.15, -0.1) is 0 Å². The van der Waals surface area contributed by atoms with Gasteiger partial charge in [0.25, 0.3) is 0 Å². The summed E-state index contributed by atoms with van der Waals surface area (Å²) in [5.74, 6) is -2.00. The topological polar surface area (TPSA) is 132 Å². The molecule has 0 amide bonds. The van der Waals surface area contributed by atoms with E-state index in [9.17, 15) is 14.4 Å². The number of carbonyl (C=O) groups is 3. The lowest BCUT2D eigenvalue weighted by atomic mass is 10.1. The molecule has 0 spiro atoms. The number of fused-ring (bicyclic) bond motifs is 1. The van der Waals surface area contributed by atoms with Gasteiger partial charge in [-0.1, -0.05) is 54.6 Å². The van der Waals surface area contributed by atoms with Crippen LogP contribution in [0.5, 0.6) is 0 Å². The predicted molar refractivity (Wildman–Crippen MR) is 147 cm³/mol. The van der Waals surface area contributed by atoms with Gasteiger partial charge in [-0.25, -0.2) is 29.3 Å². The molecule has 0 saturated carbocycles. The summed E-state index contributed by atoms with van der Waals surface area (Å²) >= 11 is 0. The Morgan fingerprint density at radius 3 is 1.90 bits per heavy atom. The normalized spacial score (nSPS) is 20.0. The van der Waals surface area contributed by atoms with Crippen LogP contribution in [0.3, 0.4) is 0 Å². The molecule has 0 radical (unpaired) electrons. The average molecular weight is 566 g/mol. The van der Waals surface area contributed by atoms with Crippen molar-refractivity contribution in [3.05, 3.63) is 127 Å². The van der Waals surface area contributed by atoms with Crippen LogP contribution in [-0.2, 0) is 18.9 Å². The van der Waals surface area contributed by atoms with E-state index in [1.807, 2.05) is 0 Å². The van der Waals surface area contributed by atoms with Crippen LogP contribution in [0.15, 0.2) is 110 Å². The molecule has 4 atom stereocenters. The molecule has 1 aliphatic heterocycles. The zero-order valence-electron chi connectivity index (χ0n) is 23.0. The summed E-state index contributed by atoms with van der Waals surface area (Å²) in [7, 11) is 0. The lowest BCUT2D eigenvalue weighted by Crippen LogP contribution is -2.41. The van der Waals surface area contributed by atoms with Crippen LogP contribution in [0.1, 0.15) is 38.7 Å². The van der Waals surface area contributed by atoms with Gasteiger partial charge in [-0.2, -0.15) is 0 Å². The zero-order valence-corrected chi connectivity index (χ0v) is 22.0. The highest BCUT2D eigenvalue weighted by Gasteiger charge is 2.51. The van der Waals surface area contributed by atoms with Crippen molar-refractivity contribution >= 4 is 29.1 Å². The van der Waals surface area contributed by atoms with Gasteiger partial charge >= 0.3 is 17.9 Å². The van der Waals surface area contributed by atoms with Crippen molar-refractivity contribution in [1.29, 1.82) is 0 Å². The molecule has 0 bridgehead atoms. The molecule has 42 heavy (non-hydrogen) atoms. The molecule has 0 aliphatic carbocycles. The van der Waals surface area contributed by atoms with Gasteiger partial charge in [-0.05, 0) is 36.4 Å². The molecule has 1 fully saturated rings. The van der Waals surface area contributed by atoms with Gasteiger partial charge in [0.2, 0.25) is 0 Å². The Hall–Kier alpha value is -5.42. The summed E-state index contributed by atoms with van der Waals surface area (Å²) in [5.41, 5.74) is 1.28. The number of nitrogens with zero attached hydrogens (tertiary/aromatic N) is 4. The highest BCUT2D eigenvalue weighted by atomic mass is 16.7. The molecule has 210 valence electrons. The molecule has 6 rings (SSSR count). The molecule has 11 heteroatoms. The largest absolute Gasteiger partial charge is 0.459 e. The molecule has 0 unspecified atom stereocenters. The van der Waals surface area contributed by atoms with Crippen LogP contribution in [0, 0.1) is 0 Å². The van der Waals surface area contributed by atoms with E-state index in [1.54, 1.807) is 91.0 Å². The summed E-state index contributed by atoms with van der Waals surface area (Å²) in [5, 5.41) is 0. The second kappa shape index (κ2) is 12.0. The van der Waals surface area contributed by atoms with E-state index in [4.69, 9.17) is 20.3 Å². The summed E-state index contributed by atoms with van der Waals surface area (Å²) < 4.78 is 33.3. The third-order valence-corrected chi connectivity index (χ3v) is 6.63. The standard InChI is InChI=1S/C31H24N4O7/c36-29(20-10-4-1-5-11-20)39-17-24-25(41-30(37)21-12-6-2-7-13-21)26(42-31(38)22-14-8-3-9-15-22)28(40-24)35-19-34-23-16-32-18-33-27(23)35/h1-16,18-19,24-26,28H,17H2/t24-,25-,26-,28-/m1/s1/i16D. The Balaban J connectivity index is 1.37. The van der Waals surface area contributed by atoms with Gasteiger partial charge in [0.1, 0.15) is 24.6 Å². The van der Waals surface area contributed by atoms with Crippen molar-refractivity contribution in [2.75, 3.05) is 6.61 Å². The highest BCUT2D eigenvalue weighted by molar-refractivity contribution is 5.91. The minimum absolute atomic E-state index is 0.111. The van der Waals surface area contributed by atoms with E-state index in [0.717, 1.165) is 0 Å². The van der Waals surface area contributed by atoms with Crippen LogP contribution < -0.4 is 0 Å². The Morgan fingerprint density at radius 1 is 0.762 bits per heavy atom. The Bertz CT molecular complexity index is 1750. The monoisotopic (exact) mass is 565 g/mol. The fourth-order valence-corrected chi connectivity index (χ4v) is 4.60. The predicted octanol–water partition coefficient (Wildman–Crippen LogP) is 4.03. The molecule has 11 nitrogen and oxygen atoms in total. The van der Waals surface area contributed by atoms with Crippen molar-refractivity contribution in [3.8, 4) is 0 Å². The number of rotatable bonds is 8. The third kappa shape index (κ3) is 5.58. The molecule has 2 aromatic heterocycles. The smallest absolute Gasteiger partial charge is 0.338 e. The summed E-state index contributed by atoms with van der Waals surface area (Å²) in [6.07, 6.45) is -2.17. The average Bonchev–Trinajstić information content (AvgIpc) is 3.63. The quantitative estimate of drug-likeness (QED) is 0.201. The minimum Gasteiger partial charge on any atom is -0.459 e. The van der Waals surface area contributed by atoms with Crippen molar-refractivity contribution in [3.63, 3.8) is 0 Å². The third-order valence-electron chi connectivity index (χ3n) is 6.63. The lowest BCUT2D eigenvalue weighted by Gasteiger charge is -2.25. The maximum Gasteiger partial charge on any atom is 0.338 e. The number of ether oxygens (including phenoxy) is 4. The highest BCUT2D eigenvalue weighted by Crippen LogP contribution is 2.36. The number of imidazole rings is 1. The number of hydrogen-bond donors (Lipinski definition) is 0. The maximum atomic E-state index is 13.3. The summed E-state index contributed by atoms with van der Waals surface area (Å²) in [6.45, 7) is -0.332. The summed E-state index contributed by atoms with van der Waals surface area (Å²) in [6, 6.07) is 25.0. The Morgan fingerprint density at radius 2 is 1.31 bits per heavy atom. The van der Waals surface area contributed by atoms with Gasteiger partial charge in [0.05, 0.1) is 30.6 Å². The molecule has 0 N–H and O–H groups in total. The van der Waals surface area contributed by atoms with Crippen LogP contribution in [0.4, 0.5) is 0 Å². The van der Waals surface area contributed by atoms with E-state index in [1.165, 1.54) is 17.2 Å². The number of benzene rings is 3. The van der Waals surface area contributed by atoms with Crippen LogP contribution >= 0.6 is 0 Å². The lowest BCUT2D eigenvalue weighted by molar-refractivity contribution is -0.0606. The van der Waals surface area contributed by atoms with Crippen molar-refractivity contribution in [1.82, 2.24) is 19.5 Å². The van der Waals surface area contributed by atoms with Gasteiger partial charge in [0, 0.05) is 0 Å². The number of hydrogen-bond acceptors (Lipinski definition) is 10. The molecule has 3 heterocycles. The van der Waals surface area contributed by atoms with E-state index in [0.29, 0.717) is 5.56 Å². The summed E-state index contributed by atoms with van der Waals surface area (Å²) in [4.78, 5) is 51.7. The van der Waals surface area contributed by atoms with Crippen molar-refractivity contribution < 1.29 is 34.7 Å². The fourth-order valence-electron chi connectivity index (χ4n) is 4.60. The SMILES string of the molecule is [2H]c1ncnc2c1ncn2[C@@H]1O[C@H](COC(=O)c2ccccc2)[C@@H](OC(=O)c2ccccc2)[C@H]1OC(=O)c1ccccc1. The zero-order chi connectivity index (χ0) is 29.8. The molecular weight excluding hydrogens is 540 g/mol. The van der Waals surface area contributed by atoms with Gasteiger partial charge in [-0.3, -0.25) is 4.57 Å². The first-order chi connectivity index (χ1) is 21.0. The molecular formula is C31H24N4O7. The fraction of sp³-hybridized carbons (Fsp3) is 0.161. The minimum atomic E-state index is -1.23. The Kier molecular flexibility index (Phi) is 7.29. The molecule has 5 aromatic rings.